The normalized spacial score (nSPS) is 13.3. The van der Waals surface area contributed by atoms with E-state index in [1.54, 1.807) is 0 Å². The summed E-state index contributed by atoms with van der Waals surface area (Å²) in [6.45, 7) is 17.8. The van der Waals surface area contributed by atoms with E-state index < -0.39 is 0 Å². The van der Waals surface area contributed by atoms with Crippen LogP contribution in [-0.4, -0.2) is 18.5 Å². The van der Waals surface area contributed by atoms with Gasteiger partial charge in [-0.15, -0.1) is 0 Å². The minimum atomic E-state index is -0.130. The van der Waals surface area contributed by atoms with Crippen LogP contribution in [0.4, 0.5) is 0 Å². The predicted octanol–water partition coefficient (Wildman–Crippen LogP) is 13.5. The van der Waals surface area contributed by atoms with Gasteiger partial charge < -0.3 is 0 Å². The number of nitrogens with zero attached hydrogens (tertiary/aromatic N) is 4. The van der Waals surface area contributed by atoms with Crippen molar-refractivity contribution in [3.05, 3.63) is 182 Å². The first-order valence-electron chi connectivity index (χ1n) is 21.8. The quantitative estimate of drug-likeness (QED) is 0.161. The Labute approximate surface area is 376 Å². The van der Waals surface area contributed by atoms with Crippen LogP contribution < -0.4 is 4.74 Å². The fourth-order valence-electron chi connectivity index (χ4n) is 9.20. The van der Waals surface area contributed by atoms with E-state index in [4.69, 9.17) is 9.72 Å². The van der Waals surface area contributed by atoms with E-state index in [0.717, 1.165) is 68.5 Å². The average molecular weight is 992 g/mol. The third-order valence-corrected chi connectivity index (χ3v) is 13.8. The number of hydrogen-bond acceptors (Lipinski definition) is 2. The van der Waals surface area contributed by atoms with E-state index in [2.05, 4.69) is 216 Å². The maximum atomic E-state index is 6.85. The van der Waals surface area contributed by atoms with E-state index in [-0.39, 0.29) is 10.8 Å². The standard InChI is InChI=1S/C56H52N4O.Pt/c1-36-29-53(57-37(2)54(36)41-20-23-42(24-21-41)55(3,4)5)60-50-12-10-9-11-48(50)49-28-27-46(33-51(49)60)61-47-31-43(56(6,7)8)30-45(32-47)58-34-52-40-19-17-38-13-15-39(16-14-38)18-25-44(26-22-40)59(52)35-58;/h9-16,20-24,26-31,34H,17-19,25H2,1-8H3;/q-2;. The minimum absolute atomic E-state index is 0.0961. The molecule has 6 heteroatoms. The summed E-state index contributed by atoms with van der Waals surface area (Å²) in [5.41, 5.74) is 16.6. The van der Waals surface area contributed by atoms with Gasteiger partial charge in [-0.2, -0.15) is 0 Å². The average Bonchev–Trinajstić information content (AvgIpc) is 3.76. The Balaban J connectivity index is 1.06. The van der Waals surface area contributed by atoms with E-state index >= 15 is 0 Å². The number of imidazole rings is 1. The first-order chi connectivity index (χ1) is 29.7. The molecule has 6 heterocycles. The molecule has 0 atom stereocenters. The van der Waals surface area contributed by atoms with E-state index in [9.17, 15) is 0 Å². The van der Waals surface area contributed by atoms with Crippen LogP contribution in [0.3, 0.4) is 0 Å². The van der Waals surface area contributed by atoms with E-state index in [1.807, 2.05) is 6.07 Å². The first-order valence-corrected chi connectivity index (χ1v) is 22.9. The molecule has 9 aromatic rings. The Morgan fingerprint density at radius 2 is 1.35 bits per heavy atom. The van der Waals surface area contributed by atoms with Crippen LogP contribution in [0.2, 0.25) is 0 Å². The van der Waals surface area contributed by atoms with Crippen molar-refractivity contribution in [3.8, 4) is 34.1 Å². The van der Waals surface area contributed by atoms with Gasteiger partial charge >= 0.3 is 274 Å². The van der Waals surface area contributed by atoms with Gasteiger partial charge in [-0.25, -0.2) is 0 Å². The third kappa shape index (κ3) is 7.28. The van der Waals surface area contributed by atoms with Gasteiger partial charge in [0, 0.05) is 11.3 Å². The summed E-state index contributed by atoms with van der Waals surface area (Å²) in [7, 11) is 0. The summed E-state index contributed by atoms with van der Waals surface area (Å²) in [6.07, 6.45) is 6.24. The van der Waals surface area contributed by atoms with Gasteiger partial charge in [-0.05, 0) is 36.0 Å². The van der Waals surface area contributed by atoms with Crippen molar-refractivity contribution in [2.24, 2.45) is 0 Å². The van der Waals surface area contributed by atoms with Crippen molar-refractivity contribution >= 4 is 27.3 Å². The van der Waals surface area contributed by atoms with Crippen molar-refractivity contribution in [3.63, 3.8) is 0 Å². The first kappa shape index (κ1) is 40.3. The molecule has 0 unspecified atom stereocenters. The topological polar surface area (TPSA) is 36.4 Å². The monoisotopic (exact) mass is 991 g/mol. The van der Waals surface area contributed by atoms with Gasteiger partial charge in [-0.1, -0.05) is 57.2 Å². The maximum absolute atomic E-state index is 6.85. The third-order valence-electron chi connectivity index (χ3n) is 12.7. The Morgan fingerprint density at radius 1 is 0.645 bits per heavy atom. The summed E-state index contributed by atoms with van der Waals surface area (Å²) in [6, 6.07) is 49.6. The summed E-state index contributed by atoms with van der Waals surface area (Å²) >= 11 is 2.50. The molecular weight excluding hydrogens is 940 g/mol. The molecule has 0 radical (unpaired) electrons. The molecule has 5 aromatic carbocycles. The summed E-state index contributed by atoms with van der Waals surface area (Å²) < 4.78 is 15.0. The summed E-state index contributed by atoms with van der Waals surface area (Å²) in [5.74, 6) is 2.15. The van der Waals surface area contributed by atoms with Crippen molar-refractivity contribution in [1.82, 2.24) is 18.5 Å². The van der Waals surface area contributed by atoms with Crippen LogP contribution in [0, 0.1) is 29.8 Å². The van der Waals surface area contributed by atoms with Gasteiger partial charge in [0.2, 0.25) is 0 Å². The van der Waals surface area contributed by atoms with Crippen molar-refractivity contribution in [2.45, 2.75) is 91.9 Å². The van der Waals surface area contributed by atoms with Gasteiger partial charge in [0.05, 0.1) is 0 Å². The second kappa shape index (κ2) is 15.2. The van der Waals surface area contributed by atoms with Gasteiger partial charge in [0.25, 0.3) is 0 Å². The zero-order valence-electron chi connectivity index (χ0n) is 36.9. The molecule has 2 aliphatic carbocycles. The van der Waals surface area contributed by atoms with Crippen LogP contribution in [-0.2, 0) is 55.9 Å². The molecule has 4 aliphatic rings. The minimum Gasteiger partial charge on any atom is -0.0579 e. The second-order valence-corrected chi connectivity index (χ2v) is 20.1. The molecule has 0 spiro atoms. The fourth-order valence-corrected chi connectivity index (χ4v) is 10.2. The number of benzene rings is 5. The molecule has 0 N–H and O–H groups in total. The van der Waals surface area contributed by atoms with Crippen LogP contribution >= 0.6 is 0 Å². The number of rotatable bonds is 5. The Hall–Kier alpha value is -5.77. The summed E-state index contributed by atoms with van der Waals surface area (Å²) in [4.78, 5) is 5.29. The number of aromatic nitrogens is 4. The van der Waals surface area contributed by atoms with Crippen LogP contribution in [0.15, 0.2) is 121 Å². The Morgan fingerprint density at radius 3 is 2.06 bits per heavy atom. The van der Waals surface area contributed by atoms with Crippen molar-refractivity contribution in [1.29, 1.82) is 0 Å². The fraction of sp³-hybridized carbons (Fsp3) is 0.250. The van der Waals surface area contributed by atoms with Crippen LogP contribution in [0.1, 0.15) is 86.3 Å². The number of para-hydroxylation sites is 1. The Bertz CT molecular complexity index is 3230. The number of pyridine rings is 2. The number of fused-ring (bicyclic) bond motifs is 3. The second-order valence-electron chi connectivity index (χ2n) is 19.1. The van der Waals surface area contributed by atoms with Crippen LogP contribution in [0.5, 0.6) is 11.5 Å². The van der Waals surface area contributed by atoms with Crippen molar-refractivity contribution < 1.29 is 24.1 Å². The van der Waals surface area contributed by atoms with Crippen molar-refractivity contribution in [2.75, 3.05) is 0 Å². The zero-order chi connectivity index (χ0) is 43.1. The summed E-state index contributed by atoms with van der Waals surface area (Å²) in [5, 5.41) is 2.25. The molecule has 0 fully saturated rings. The predicted molar refractivity (Wildman–Crippen MR) is 250 cm³/mol. The molecule has 4 aromatic heterocycles. The smallest absolute Gasteiger partial charge is 0.0579 e. The van der Waals surface area contributed by atoms with Gasteiger partial charge in [0.1, 0.15) is 0 Å². The molecule has 0 amide bonds. The van der Waals surface area contributed by atoms with E-state index in [1.165, 1.54) is 55.7 Å². The molecule has 2 aliphatic heterocycles. The molecule has 0 saturated carbocycles. The van der Waals surface area contributed by atoms with Gasteiger partial charge in [0.15, 0.2) is 0 Å². The number of hydrogen-bond donors (Lipinski definition) is 0. The molecular formula is C56H52N4OPt-2. The number of ether oxygens (including phenoxy) is 1. The molecule has 314 valence electrons. The molecule has 5 nitrogen and oxygen atoms in total. The Kier molecular flexibility index (Phi) is 9.91. The SMILES string of the molecule is Cc1cc(-n2c3[c-]c(Oc4[c-]c(-n5cc6c7ccc(n6[c]5=[Pt])CCc5ccc(cc5)CC7)cc(C(C)(C)C)c4)ccc3c3ccccc32)nc(C)c1-c1ccc(C(C)(C)C)cc1. The zero-order valence-corrected chi connectivity index (χ0v) is 39.2. The number of aryl methyl sites for hydroxylation is 6. The molecule has 13 rings (SSSR count). The molecule has 4 bridgehead atoms. The van der Waals surface area contributed by atoms with E-state index in [0.29, 0.717) is 11.5 Å². The molecule has 0 saturated heterocycles. The van der Waals surface area contributed by atoms with Crippen LogP contribution in [0.25, 0.3) is 50.0 Å². The molecule has 62 heavy (non-hydrogen) atoms. The van der Waals surface area contributed by atoms with Gasteiger partial charge in [-0.3, -0.25) is 0 Å².